The first-order valence-corrected chi connectivity index (χ1v) is 19.5. The number of aliphatic hydroxyl groups is 2. The molecular formula is C45H49N5O6. The SMILES string of the molecule is COc1ccc2c(c1)[C@](O)([C@@H](C)/C=C/CC(=O)N1Cc3ccccc3C[C@H]1CO)C(=O)N2Cc1ccc(N2CN(c3ccccc3)C3(CCNCC3)C2=O)cc1. The minimum atomic E-state index is -1.91. The van der Waals surface area contributed by atoms with Gasteiger partial charge in [0.1, 0.15) is 11.3 Å². The van der Waals surface area contributed by atoms with E-state index in [9.17, 15) is 24.6 Å². The number of hydrogen-bond acceptors (Lipinski definition) is 8. The van der Waals surface area contributed by atoms with E-state index in [0.29, 0.717) is 36.6 Å². The number of aliphatic hydroxyl groups excluding tert-OH is 1. The predicted molar refractivity (Wildman–Crippen MR) is 215 cm³/mol. The summed E-state index contributed by atoms with van der Waals surface area (Å²) in [4.78, 5) is 49.4. The number of hydrogen-bond donors (Lipinski definition) is 3. The summed E-state index contributed by atoms with van der Waals surface area (Å²) in [6.07, 6.45) is 5.54. The quantitative estimate of drug-likeness (QED) is 0.196. The number of carbonyl (C=O) groups excluding carboxylic acids is 3. The number of rotatable bonds is 10. The highest BCUT2D eigenvalue weighted by molar-refractivity contribution is 6.08. The lowest BCUT2D eigenvalue weighted by Crippen LogP contribution is -2.55. The molecule has 4 aliphatic heterocycles. The molecule has 11 heteroatoms. The van der Waals surface area contributed by atoms with Gasteiger partial charge in [-0.1, -0.05) is 73.7 Å². The highest BCUT2D eigenvalue weighted by Crippen LogP contribution is 2.47. The Morgan fingerprint density at radius 1 is 0.929 bits per heavy atom. The van der Waals surface area contributed by atoms with Crippen LogP contribution < -0.4 is 24.8 Å². The number of carbonyl (C=O) groups is 3. The zero-order valence-corrected chi connectivity index (χ0v) is 31.9. The Morgan fingerprint density at radius 2 is 1.64 bits per heavy atom. The average molecular weight is 756 g/mol. The molecule has 4 aromatic carbocycles. The molecule has 4 aliphatic rings. The van der Waals surface area contributed by atoms with Gasteiger partial charge in [-0.25, -0.2) is 0 Å². The van der Waals surface area contributed by atoms with Gasteiger partial charge in [0.05, 0.1) is 38.7 Å². The fourth-order valence-electron chi connectivity index (χ4n) is 9.01. The van der Waals surface area contributed by atoms with Gasteiger partial charge in [-0.05, 0) is 91.5 Å². The van der Waals surface area contributed by atoms with Crippen LogP contribution >= 0.6 is 0 Å². The Bertz CT molecular complexity index is 2130. The summed E-state index contributed by atoms with van der Waals surface area (Å²) >= 11 is 0. The number of fused-ring (bicyclic) bond motifs is 2. The van der Waals surface area contributed by atoms with E-state index in [0.717, 1.165) is 54.0 Å². The molecule has 8 rings (SSSR count). The van der Waals surface area contributed by atoms with Crippen LogP contribution in [0.15, 0.2) is 109 Å². The van der Waals surface area contributed by atoms with Crippen LogP contribution in [0.4, 0.5) is 17.1 Å². The first-order chi connectivity index (χ1) is 27.2. The second-order valence-corrected chi connectivity index (χ2v) is 15.4. The molecule has 0 aliphatic carbocycles. The monoisotopic (exact) mass is 755 g/mol. The molecule has 3 atom stereocenters. The summed E-state index contributed by atoms with van der Waals surface area (Å²) in [6, 6.07) is 30.8. The van der Waals surface area contributed by atoms with Crippen molar-refractivity contribution in [2.24, 2.45) is 5.92 Å². The molecule has 4 aromatic rings. The molecule has 0 saturated carbocycles. The zero-order valence-electron chi connectivity index (χ0n) is 31.9. The summed E-state index contributed by atoms with van der Waals surface area (Å²) in [6.45, 7) is 4.26. The number of para-hydroxylation sites is 1. The van der Waals surface area contributed by atoms with Crippen molar-refractivity contribution in [1.82, 2.24) is 10.2 Å². The van der Waals surface area contributed by atoms with Crippen molar-refractivity contribution in [2.45, 2.75) is 62.9 Å². The van der Waals surface area contributed by atoms with Gasteiger partial charge in [-0.15, -0.1) is 0 Å². The minimum absolute atomic E-state index is 0.0644. The van der Waals surface area contributed by atoms with Crippen LogP contribution in [0, 0.1) is 5.92 Å². The molecule has 2 fully saturated rings. The van der Waals surface area contributed by atoms with Crippen LogP contribution in [-0.2, 0) is 39.5 Å². The van der Waals surface area contributed by atoms with E-state index in [1.54, 1.807) is 54.2 Å². The number of benzene rings is 4. The Morgan fingerprint density at radius 3 is 2.36 bits per heavy atom. The number of piperidine rings is 1. The first kappa shape index (κ1) is 37.4. The molecule has 56 heavy (non-hydrogen) atoms. The van der Waals surface area contributed by atoms with Gasteiger partial charge in [0.2, 0.25) is 5.91 Å². The number of anilines is 3. The van der Waals surface area contributed by atoms with Gasteiger partial charge < -0.3 is 35.0 Å². The largest absolute Gasteiger partial charge is 0.497 e. The fraction of sp³-hybridized carbons (Fsp3) is 0.356. The van der Waals surface area contributed by atoms with Crippen LogP contribution in [0.3, 0.4) is 0 Å². The van der Waals surface area contributed by atoms with Crippen molar-refractivity contribution in [1.29, 1.82) is 0 Å². The Labute approximate surface area is 327 Å². The maximum absolute atomic E-state index is 14.4. The van der Waals surface area contributed by atoms with Crippen molar-refractivity contribution in [2.75, 3.05) is 48.2 Å². The topological polar surface area (TPSA) is 126 Å². The van der Waals surface area contributed by atoms with Crippen molar-refractivity contribution < 1.29 is 29.3 Å². The van der Waals surface area contributed by atoms with Crippen LogP contribution in [0.2, 0.25) is 0 Å². The lowest BCUT2D eigenvalue weighted by atomic mass is 9.82. The van der Waals surface area contributed by atoms with Crippen molar-refractivity contribution >= 4 is 34.8 Å². The normalized spacial score (nSPS) is 22.2. The van der Waals surface area contributed by atoms with Gasteiger partial charge >= 0.3 is 0 Å². The molecule has 290 valence electrons. The summed E-state index contributed by atoms with van der Waals surface area (Å²) in [5.74, 6) is -0.681. The van der Waals surface area contributed by atoms with Crippen LogP contribution in [-0.4, -0.2) is 77.9 Å². The van der Waals surface area contributed by atoms with E-state index in [2.05, 4.69) is 22.3 Å². The van der Waals surface area contributed by atoms with E-state index in [4.69, 9.17) is 4.74 Å². The minimum Gasteiger partial charge on any atom is -0.497 e. The lowest BCUT2D eigenvalue weighted by molar-refractivity contribution is -0.139. The summed E-state index contributed by atoms with van der Waals surface area (Å²) in [5, 5.41) is 25.8. The molecule has 0 bridgehead atoms. The standard InChI is InChI=1S/C45H49N5O6/c1-31(9-8-14-41(52)47-28-34-11-7-6-10-33(34)25-37(47)29-51)45(55)39-26-38(56-2)19-20-40(39)48(43(45)54)27-32-15-17-35(18-16-32)49-30-50(36-12-4-3-5-13-36)44(42(49)53)21-23-46-24-22-44/h3-13,15-20,26,31,37,46,51,55H,14,21-25,27-30H2,1-2H3/b9-8+/t31-,37-,45+/m0/s1. The number of nitrogens with zero attached hydrogens (tertiary/aromatic N) is 4. The van der Waals surface area contributed by atoms with Gasteiger partial charge in [-0.3, -0.25) is 19.3 Å². The van der Waals surface area contributed by atoms with Gasteiger partial charge in [-0.2, -0.15) is 0 Å². The molecule has 0 unspecified atom stereocenters. The molecule has 3 N–H and O–H groups in total. The number of ether oxygens (including phenoxy) is 1. The maximum Gasteiger partial charge on any atom is 0.264 e. The summed E-state index contributed by atoms with van der Waals surface area (Å²) in [5.41, 5.74) is 3.36. The number of amides is 3. The molecular weight excluding hydrogens is 707 g/mol. The second-order valence-electron chi connectivity index (χ2n) is 15.4. The van der Waals surface area contributed by atoms with Crippen LogP contribution in [0.1, 0.15) is 48.4 Å². The van der Waals surface area contributed by atoms with E-state index in [-0.39, 0.29) is 37.4 Å². The molecule has 11 nitrogen and oxygen atoms in total. The molecule has 4 heterocycles. The average Bonchev–Trinajstić information content (AvgIpc) is 3.63. The van der Waals surface area contributed by atoms with Crippen LogP contribution in [0.25, 0.3) is 0 Å². The third kappa shape index (κ3) is 6.43. The van der Waals surface area contributed by atoms with E-state index in [1.807, 2.05) is 71.6 Å². The Balaban J connectivity index is 0.995. The highest BCUT2D eigenvalue weighted by atomic mass is 16.5. The lowest BCUT2D eigenvalue weighted by Gasteiger charge is -2.39. The predicted octanol–water partition coefficient (Wildman–Crippen LogP) is 4.89. The van der Waals surface area contributed by atoms with E-state index >= 15 is 0 Å². The zero-order chi connectivity index (χ0) is 39.0. The highest BCUT2D eigenvalue weighted by Gasteiger charge is 2.54. The Kier molecular flexibility index (Phi) is 10.2. The fourth-order valence-corrected chi connectivity index (χ4v) is 9.01. The van der Waals surface area contributed by atoms with Gasteiger partial charge in [0.15, 0.2) is 5.60 Å². The molecule has 2 saturated heterocycles. The van der Waals surface area contributed by atoms with E-state index < -0.39 is 23.0 Å². The molecule has 0 radical (unpaired) electrons. The Hall–Kier alpha value is -5.49. The van der Waals surface area contributed by atoms with Gasteiger partial charge in [0, 0.05) is 35.8 Å². The number of methoxy groups -OCH3 is 1. The molecule has 3 amide bonds. The van der Waals surface area contributed by atoms with Crippen molar-refractivity contribution in [3.8, 4) is 5.75 Å². The first-order valence-electron chi connectivity index (χ1n) is 19.5. The smallest absolute Gasteiger partial charge is 0.264 e. The second kappa shape index (κ2) is 15.2. The van der Waals surface area contributed by atoms with E-state index in [1.165, 1.54) is 0 Å². The van der Waals surface area contributed by atoms with Crippen LogP contribution in [0.5, 0.6) is 5.75 Å². The maximum atomic E-state index is 14.4. The summed E-state index contributed by atoms with van der Waals surface area (Å²) in [7, 11) is 1.54. The third-order valence-electron chi connectivity index (χ3n) is 12.3. The van der Waals surface area contributed by atoms with Crippen molar-refractivity contribution in [3.05, 3.63) is 131 Å². The van der Waals surface area contributed by atoms with Crippen molar-refractivity contribution in [3.63, 3.8) is 0 Å². The van der Waals surface area contributed by atoms with Gasteiger partial charge in [0.25, 0.3) is 11.8 Å². The summed E-state index contributed by atoms with van der Waals surface area (Å²) < 4.78 is 5.51. The molecule has 0 aromatic heterocycles. The third-order valence-corrected chi connectivity index (χ3v) is 12.3. The molecule has 1 spiro atoms. The number of nitrogens with one attached hydrogen (secondary N) is 1.